The molecule has 2 N–H and O–H groups in total. The van der Waals surface area contributed by atoms with Gasteiger partial charge in [0.25, 0.3) is 0 Å². The lowest BCUT2D eigenvalue weighted by Crippen LogP contribution is -2.36. The molecule has 1 aromatic heterocycles. The van der Waals surface area contributed by atoms with Gasteiger partial charge in [-0.1, -0.05) is 0 Å². The van der Waals surface area contributed by atoms with E-state index in [1.807, 2.05) is 11.3 Å². The molecule has 1 aromatic rings. The minimum absolute atomic E-state index is 0.179. The zero-order valence-electron chi connectivity index (χ0n) is 12.1. The molecule has 2 aliphatic heterocycles. The summed E-state index contributed by atoms with van der Waals surface area (Å²) in [6, 6.07) is 0.936. The van der Waals surface area contributed by atoms with Gasteiger partial charge in [0.05, 0.1) is 5.69 Å². The molecule has 4 nitrogen and oxygen atoms in total. The lowest BCUT2D eigenvalue weighted by Gasteiger charge is -2.25. The SMILES string of the molecule is NC1CCCc2sc(N3CCCN4CCCC4C3)nc21. The number of hydrogen-bond acceptors (Lipinski definition) is 5. The molecule has 0 saturated carbocycles. The van der Waals surface area contributed by atoms with Crippen LogP contribution in [0.1, 0.15) is 48.7 Å². The van der Waals surface area contributed by atoms with Crippen LogP contribution in [0.2, 0.25) is 0 Å². The summed E-state index contributed by atoms with van der Waals surface area (Å²) < 4.78 is 0. The van der Waals surface area contributed by atoms with Crippen molar-refractivity contribution in [1.29, 1.82) is 0 Å². The van der Waals surface area contributed by atoms with Gasteiger partial charge >= 0.3 is 0 Å². The maximum Gasteiger partial charge on any atom is 0.185 e. The first kappa shape index (κ1) is 13.0. The minimum atomic E-state index is 0.179. The second-order valence-corrected chi connectivity index (χ2v) is 7.50. The van der Waals surface area contributed by atoms with Crippen molar-refractivity contribution < 1.29 is 0 Å². The van der Waals surface area contributed by atoms with Crippen molar-refractivity contribution in [2.75, 3.05) is 31.1 Å². The van der Waals surface area contributed by atoms with Gasteiger partial charge in [0, 0.05) is 36.6 Å². The van der Waals surface area contributed by atoms with Crippen molar-refractivity contribution in [3.05, 3.63) is 10.6 Å². The molecule has 0 aromatic carbocycles. The Morgan fingerprint density at radius 1 is 1.10 bits per heavy atom. The first-order valence-electron chi connectivity index (χ1n) is 8.05. The van der Waals surface area contributed by atoms with Gasteiger partial charge in [-0.25, -0.2) is 4.98 Å². The van der Waals surface area contributed by atoms with E-state index in [0.717, 1.165) is 19.0 Å². The van der Waals surface area contributed by atoms with Crippen molar-refractivity contribution in [3.63, 3.8) is 0 Å². The Morgan fingerprint density at radius 2 is 2.00 bits per heavy atom. The van der Waals surface area contributed by atoms with E-state index in [4.69, 9.17) is 10.7 Å². The van der Waals surface area contributed by atoms with Crippen LogP contribution in [-0.2, 0) is 6.42 Å². The molecule has 3 heterocycles. The third kappa shape index (κ3) is 2.26. The first-order chi connectivity index (χ1) is 9.81. The van der Waals surface area contributed by atoms with Crippen LogP contribution in [0, 0.1) is 0 Å². The van der Waals surface area contributed by atoms with Crippen LogP contribution in [0.15, 0.2) is 0 Å². The van der Waals surface area contributed by atoms with Gasteiger partial charge in [-0.15, -0.1) is 11.3 Å². The zero-order valence-corrected chi connectivity index (χ0v) is 12.9. The number of anilines is 1. The quantitative estimate of drug-likeness (QED) is 0.861. The van der Waals surface area contributed by atoms with Gasteiger partial charge in [-0.3, -0.25) is 4.90 Å². The van der Waals surface area contributed by atoms with Gasteiger partial charge in [-0.05, 0) is 45.1 Å². The molecule has 5 heteroatoms. The molecule has 2 atom stereocenters. The van der Waals surface area contributed by atoms with E-state index in [1.165, 1.54) is 67.4 Å². The standard InChI is InChI=1S/C15H24N4S/c16-12-5-1-6-13-14(12)17-15(20-13)19-9-3-8-18-7-2-4-11(18)10-19/h11-12H,1-10,16H2. The van der Waals surface area contributed by atoms with Crippen molar-refractivity contribution in [3.8, 4) is 0 Å². The largest absolute Gasteiger partial charge is 0.346 e. The summed E-state index contributed by atoms with van der Waals surface area (Å²) in [5, 5.41) is 1.24. The third-order valence-corrected chi connectivity index (χ3v) is 6.25. The Balaban J connectivity index is 1.57. The van der Waals surface area contributed by atoms with Gasteiger partial charge in [0.1, 0.15) is 0 Å². The second-order valence-electron chi connectivity index (χ2n) is 6.44. The Labute approximate surface area is 125 Å². The summed E-state index contributed by atoms with van der Waals surface area (Å²) in [7, 11) is 0. The molecule has 1 aliphatic carbocycles. The topological polar surface area (TPSA) is 45.4 Å². The summed E-state index contributed by atoms with van der Waals surface area (Å²) >= 11 is 1.91. The van der Waals surface area contributed by atoms with Gasteiger partial charge < -0.3 is 10.6 Å². The lowest BCUT2D eigenvalue weighted by atomic mass is 9.99. The molecule has 3 aliphatic rings. The van der Waals surface area contributed by atoms with E-state index < -0.39 is 0 Å². The van der Waals surface area contributed by atoms with E-state index in [0.29, 0.717) is 0 Å². The number of fused-ring (bicyclic) bond motifs is 2. The maximum atomic E-state index is 6.22. The molecule has 0 amide bonds. The van der Waals surface area contributed by atoms with Crippen molar-refractivity contribution in [2.45, 2.75) is 50.6 Å². The highest BCUT2D eigenvalue weighted by Gasteiger charge is 2.31. The summed E-state index contributed by atoms with van der Waals surface area (Å²) in [6.07, 6.45) is 7.52. The molecule has 20 heavy (non-hydrogen) atoms. The molecule has 2 fully saturated rings. The molecular formula is C15H24N4S. The molecular weight excluding hydrogens is 268 g/mol. The number of nitrogens with zero attached hydrogens (tertiary/aromatic N) is 3. The highest BCUT2D eigenvalue weighted by atomic mass is 32.1. The number of rotatable bonds is 1. The van der Waals surface area contributed by atoms with Crippen molar-refractivity contribution in [1.82, 2.24) is 9.88 Å². The molecule has 2 unspecified atom stereocenters. The van der Waals surface area contributed by atoms with Crippen LogP contribution in [0.3, 0.4) is 0 Å². The van der Waals surface area contributed by atoms with E-state index in [2.05, 4.69) is 9.80 Å². The fourth-order valence-electron chi connectivity index (χ4n) is 3.95. The van der Waals surface area contributed by atoms with E-state index in [1.54, 1.807) is 0 Å². The fourth-order valence-corrected chi connectivity index (χ4v) is 5.16. The molecule has 0 bridgehead atoms. The summed E-state index contributed by atoms with van der Waals surface area (Å²) in [6.45, 7) is 4.90. The highest BCUT2D eigenvalue weighted by Crippen LogP contribution is 2.36. The van der Waals surface area contributed by atoms with Crippen LogP contribution < -0.4 is 10.6 Å². The predicted molar refractivity (Wildman–Crippen MR) is 83.4 cm³/mol. The predicted octanol–water partition coefficient (Wildman–Crippen LogP) is 2.15. The molecule has 110 valence electrons. The van der Waals surface area contributed by atoms with E-state index in [9.17, 15) is 0 Å². The third-order valence-electron chi connectivity index (χ3n) is 5.06. The average Bonchev–Trinajstić information content (AvgIpc) is 3.02. The Morgan fingerprint density at radius 3 is 2.90 bits per heavy atom. The first-order valence-corrected chi connectivity index (χ1v) is 8.87. The lowest BCUT2D eigenvalue weighted by molar-refractivity contribution is 0.273. The average molecular weight is 292 g/mol. The molecule has 4 rings (SSSR count). The summed E-state index contributed by atoms with van der Waals surface area (Å²) in [4.78, 5) is 11.6. The maximum absolute atomic E-state index is 6.22. The summed E-state index contributed by atoms with van der Waals surface area (Å²) in [5.74, 6) is 0. The Hall–Kier alpha value is -0.650. The number of thiazole rings is 1. The Bertz CT molecular complexity index is 486. The smallest absolute Gasteiger partial charge is 0.185 e. The van der Waals surface area contributed by atoms with Crippen LogP contribution >= 0.6 is 11.3 Å². The van der Waals surface area contributed by atoms with Gasteiger partial charge in [-0.2, -0.15) is 0 Å². The number of hydrogen-bond donors (Lipinski definition) is 1. The fraction of sp³-hybridized carbons (Fsp3) is 0.800. The minimum Gasteiger partial charge on any atom is -0.346 e. The summed E-state index contributed by atoms with van der Waals surface area (Å²) in [5.41, 5.74) is 7.42. The van der Waals surface area contributed by atoms with Crippen LogP contribution in [0.5, 0.6) is 0 Å². The normalized spacial score (nSPS) is 30.9. The molecule has 0 spiro atoms. The van der Waals surface area contributed by atoms with Crippen molar-refractivity contribution >= 4 is 16.5 Å². The number of nitrogens with two attached hydrogens (primary N) is 1. The van der Waals surface area contributed by atoms with Crippen molar-refractivity contribution in [2.24, 2.45) is 5.73 Å². The van der Waals surface area contributed by atoms with Gasteiger partial charge in [0.15, 0.2) is 5.13 Å². The van der Waals surface area contributed by atoms with Crippen LogP contribution in [-0.4, -0.2) is 42.1 Å². The monoisotopic (exact) mass is 292 g/mol. The van der Waals surface area contributed by atoms with E-state index in [-0.39, 0.29) is 6.04 Å². The number of aryl methyl sites for hydroxylation is 1. The zero-order chi connectivity index (χ0) is 13.5. The molecule has 2 saturated heterocycles. The molecule has 0 radical (unpaired) electrons. The van der Waals surface area contributed by atoms with Gasteiger partial charge in [0.2, 0.25) is 0 Å². The van der Waals surface area contributed by atoms with Crippen LogP contribution in [0.25, 0.3) is 0 Å². The highest BCUT2D eigenvalue weighted by molar-refractivity contribution is 7.15. The van der Waals surface area contributed by atoms with Crippen LogP contribution in [0.4, 0.5) is 5.13 Å². The van der Waals surface area contributed by atoms with E-state index >= 15 is 0 Å². The Kier molecular flexibility index (Phi) is 3.44. The second kappa shape index (κ2) is 5.28. The number of aromatic nitrogens is 1.